The molecule has 1 aliphatic heterocycles. The molecule has 1 amide bonds. The molecule has 1 aliphatic rings. The first-order chi connectivity index (χ1) is 13.7. The van der Waals surface area contributed by atoms with Gasteiger partial charge in [0.2, 0.25) is 0 Å². The first-order valence-corrected chi connectivity index (χ1v) is 9.43. The molecule has 3 rings (SSSR count). The van der Waals surface area contributed by atoms with Gasteiger partial charge in [-0.3, -0.25) is 14.7 Å². The first-order valence-electron chi connectivity index (χ1n) is 9.43. The van der Waals surface area contributed by atoms with Crippen molar-refractivity contribution in [1.29, 1.82) is 0 Å². The average molecular weight is 379 g/mol. The smallest absolute Gasteiger partial charge is 0.251 e. The molecule has 1 saturated heterocycles. The number of benzene rings is 1. The fraction of sp³-hybridized carbons (Fsp3) is 0.364. The molecule has 0 aliphatic carbocycles. The van der Waals surface area contributed by atoms with Crippen LogP contribution in [-0.4, -0.2) is 52.7 Å². The second-order valence-electron chi connectivity index (χ2n) is 6.86. The van der Waals surface area contributed by atoms with Gasteiger partial charge in [-0.1, -0.05) is 12.0 Å². The second kappa shape index (κ2) is 9.88. The minimum atomic E-state index is -0.573. The SMILES string of the molecule is C#CCOc1ccc(C(=O)N[C@H]2CN(Cc3ccccn3)CCC[C@H]2O)cc1. The highest BCUT2D eigenvalue weighted by molar-refractivity contribution is 5.94. The Morgan fingerprint density at radius 2 is 2.14 bits per heavy atom. The zero-order valence-electron chi connectivity index (χ0n) is 15.8. The van der Waals surface area contributed by atoms with Crippen LogP contribution in [0.25, 0.3) is 0 Å². The van der Waals surface area contributed by atoms with Crippen molar-refractivity contribution in [1.82, 2.24) is 15.2 Å². The molecule has 1 aromatic carbocycles. The summed E-state index contributed by atoms with van der Waals surface area (Å²) in [5, 5.41) is 13.5. The minimum Gasteiger partial charge on any atom is -0.481 e. The van der Waals surface area contributed by atoms with Gasteiger partial charge >= 0.3 is 0 Å². The van der Waals surface area contributed by atoms with E-state index < -0.39 is 6.10 Å². The number of terminal acetylenes is 1. The highest BCUT2D eigenvalue weighted by atomic mass is 16.5. The molecule has 1 aromatic heterocycles. The Hall–Kier alpha value is -2.88. The van der Waals surface area contributed by atoms with Crippen LogP contribution in [-0.2, 0) is 6.54 Å². The van der Waals surface area contributed by atoms with E-state index in [1.54, 1.807) is 30.5 Å². The van der Waals surface area contributed by atoms with Gasteiger partial charge in [-0.2, -0.15) is 0 Å². The van der Waals surface area contributed by atoms with E-state index in [-0.39, 0.29) is 18.6 Å². The molecule has 2 aromatic rings. The Morgan fingerprint density at radius 3 is 2.86 bits per heavy atom. The van der Waals surface area contributed by atoms with E-state index in [0.29, 0.717) is 30.8 Å². The van der Waals surface area contributed by atoms with E-state index in [2.05, 4.69) is 21.1 Å². The van der Waals surface area contributed by atoms with Gasteiger partial charge in [-0.25, -0.2) is 0 Å². The molecule has 0 unspecified atom stereocenters. The third-order valence-corrected chi connectivity index (χ3v) is 4.76. The van der Waals surface area contributed by atoms with Crippen LogP contribution in [0.4, 0.5) is 0 Å². The molecule has 0 spiro atoms. The maximum absolute atomic E-state index is 12.6. The number of nitrogens with zero attached hydrogens (tertiary/aromatic N) is 2. The normalized spacial score (nSPS) is 20.0. The number of likely N-dealkylation sites (tertiary alicyclic amines) is 1. The molecule has 1 fully saturated rings. The summed E-state index contributed by atoms with van der Waals surface area (Å²) in [5.41, 5.74) is 1.49. The molecule has 146 valence electrons. The molecule has 0 bridgehead atoms. The van der Waals surface area contributed by atoms with Gasteiger partial charge in [0.25, 0.3) is 5.91 Å². The Balaban J connectivity index is 1.61. The van der Waals surface area contributed by atoms with E-state index >= 15 is 0 Å². The predicted molar refractivity (Wildman–Crippen MR) is 107 cm³/mol. The molecule has 0 saturated carbocycles. The summed E-state index contributed by atoms with van der Waals surface area (Å²) in [6.45, 7) is 2.32. The third-order valence-electron chi connectivity index (χ3n) is 4.76. The summed E-state index contributed by atoms with van der Waals surface area (Å²) in [5.74, 6) is 2.80. The lowest BCUT2D eigenvalue weighted by Gasteiger charge is -2.27. The van der Waals surface area contributed by atoms with Crippen molar-refractivity contribution in [3.05, 3.63) is 59.9 Å². The molecular weight excluding hydrogens is 354 g/mol. The number of aliphatic hydroxyl groups is 1. The Morgan fingerprint density at radius 1 is 1.32 bits per heavy atom. The van der Waals surface area contributed by atoms with Crippen molar-refractivity contribution in [2.45, 2.75) is 31.5 Å². The number of amides is 1. The van der Waals surface area contributed by atoms with E-state index in [1.807, 2.05) is 18.2 Å². The summed E-state index contributed by atoms with van der Waals surface area (Å²) >= 11 is 0. The van der Waals surface area contributed by atoms with Crippen LogP contribution in [0.15, 0.2) is 48.7 Å². The van der Waals surface area contributed by atoms with E-state index in [9.17, 15) is 9.90 Å². The van der Waals surface area contributed by atoms with Crippen molar-refractivity contribution in [3.63, 3.8) is 0 Å². The molecule has 28 heavy (non-hydrogen) atoms. The number of aromatic nitrogens is 1. The van der Waals surface area contributed by atoms with Gasteiger partial charge in [0, 0.05) is 24.8 Å². The Bertz CT molecular complexity index is 802. The standard InChI is InChI=1S/C22H25N3O3/c1-2-14-28-19-10-8-17(9-11-19)22(27)24-20-16-25(13-5-7-21(20)26)15-18-6-3-4-12-23-18/h1,3-4,6,8-12,20-21,26H,5,7,13-16H2,(H,24,27)/t20-,21+/m0/s1. The van der Waals surface area contributed by atoms with E-state index in [4.69, 9.17) is 11.2 Å². The van der Waals surface area contributed by atoms with Crippen molar-refractivity contribution in [2.24, 2.45) is 0 Å². The van der Waals surface area contributed by atoms with Gasteiger partial charge in [-0.15, -0.1) is 6.42 Å². The number of hydrogen-bond acceptors (Lipinski definition) is 5. The van der Waals surface area contributed by atoms with Crippen molar-refractivity contribution in [2.75, 3.05) is 19.7 Å². The number of hydrogen-bond donors (Lipinski definition) is 2. The Kier molecular flexibility index (Phi) is 7.01. The van der Waals surface area contributed by atoms with Gasteiger partial charge < -0.3 is 15.2 Å². The molecule has 6 heteroatoms. The molecular formula is C22H25N3O3. The lowest BCUT2D eigenvalue weighted by Crippen LogP contribution is -2.48. The van der Waals surface area contributed by atoms with Gasteiger partial charge in [-0.05, 0) is 55.8 Å². The summed E-state index contributed by atoms with van der Waals surface area (Å²) in [6.07, 6.45) is 7.91. The van der Waals surface area contributed by atoms with Crippen LogP contribution in [0.5, 0.6) is 5.75 Å². The quantitative estimate of drug-likeness (QED) is 0.750. The summed E-state index contributed by atoms with van der Waals surface area (Å²) in [7, 11) is 0. The number of aliphatic hydroxyl groups excluding tert-OH is 1. The first kappa shape index (κ1) is 19.9. The number of carbonyl (C=O) groups is 1. The number of ether oxygens (including phenoxy) is 1. The number of carbonyl (C=O) groups excluding carboxylic acids is 1. The maximum Gasteiger partial charge on any atom is 0.251 e. The molecule has 2 atom stereocenters. The maximum atomic E-state index is 12.6. The predicted octanol–water partition coefficient (Wildman–Crippen LogP) is 1.85. The fourth-order valence-corrected chi connectivity index (χ4v) is 3.30. The Labute approximate surface area is 165 Å². The van der Waals surface area contributed by atoms with Crippen LogP contribution in [0.3, 0.4) is 0 Å². The molecule has 6 nitrogen and oxygen atoms in total. The zero-order valence-corrected chi connectivity index (χ0v) is 15.8. The van der Waals surface area contributed by atoms with Gasteiger partial charge in [0.15, 0.2) is 0 Å². The molecule has 0 radical (unpaired) electrons. The number of rotatable bonds is 6. The van der Waals surface area contributed by atoms with Crippen LogP contribution in [0, 0.1) is 12.3 Å². The summed E-state index contributed by atoms with van der Waals surface area (Å²) in [6, 6.07) is 12.3. The van der Waals surface area contributed by atoms with Crippen LogP contribution in [0.2, 0.25) is 0 Å². The van der Waals surface area contributed by atoms with Gasteiger partial charge in [0.05, 0.1) is 17.8 Å². The summed E-state index contributed by atoms with van der Waals surface area (Å²) in [4.78, 5) is 19.2. The average Bonchev–Trinajstić information content (AvgIpc) is 2.88. The zero-order chi connectivity index (χ0) is 19.8. The highest BCUT2D eigenvalue weighted by Gasteiger charge is 2.27. The number of nitrogens with one attached hydrogen (secondary N) is 1. The third kappa shape index (κ3) is 5.56. The fourth-order valence-electron chi connectivity index (χ4n) is 3.30. The number of pyridine rings is 1. The highest BCUT2D eigenvalue weighted by Crippen LogP contribution is 2.16. The van der Waals surface area contributed by atoms with E-state index in [0.717, 1.165) is 18.7 Å². The van der Waals surface area contributed by atoms with Gasteiger partial charge in [0.1, 0.15) is 12.4 Å². The van der Waals surface area contributed by atoms with E-state index in [1.165, 1.54) is 0 Å². The molecule has 2 heterocycles. The lowest BCUT2D eigenvalue weighted by atomic mass is 10.1. The van der Waals surface area contributed by atoms with Crippen LogP contribution >= 0.6 is 0 Å². The largest absolute Gasteiger partial charge is 0.481 e. The van der Waals surface area contributed by atoms with Crippen LogP contribution in [0.1, 0.15) is 28.9 Å². The monoisotopic (exact) mass is 379 g/mol. The van der Waals surface area contributed by atoms with Crippen LogP contribution < -0.4 is 10.1 Å². The van der Waals surface area contributed by atoms with Crippen molar-refractivity contribution < 1.29 is 14.6 Å². The lowest BCUT2D eigenvalue weighted by molar-refractivity contribution is 0.0797. The minimum absolute atomic E-state index is 0.186. The topological polar surface area (TPSA) is 74.7 Å². The summed E-state index contributed by atoms with van der Waals surface area (Å²) < 4.78 is 5.32. The van der Waals surface area contributed by atoms with Crippen molar-refractivity contribution in [3.8, 4) is 18.1 Å². The van der Waals surface area contributed by atoms with Crippen molar-refractivity contribution >= 4 is 5.91 Å². The molecule has 2 N–H and O–H groups in total. The second-order valence-corrected chi connectivity index (χ2v) is 6.86.